The highest BCUT2D eigenvalue weighted by molar-refractivity contribution is 5.83. The summed E-state index contributed by atoms with van der Waals surface area (Å²) in [6.45, 7) is 7.14. The summed E-state index contributed by atoms with van der Waals surface area (Å²) in [5.74, 6) is 2.48. The van der Waals surface area contributed by atoms with Crippen LogP contribution in [-0.4, -0.2) is 71.4 Å². The smallest absolute Gasteiger partial charge is 0.194 e. The molecule has 0 spiro atoms. The maximum absolute atomic E-state index is 9.14. The third-order valence-electron chi connectivity index (χ3n) is 10.6. The minimum absolute atomic E-state index is 0.377. The number of nitrogens with two attached hydrogens (primary N) is 1. The summed E-state index contributed by atoms with van der Waals surface area (Å²) in [5, 5.41) is 11.8. The lowest BCUT2D eigenvalue weighted by molar-refractivity contribution is 0.289. The van der Waals surface area contributed by atoms with Crippen LogP contribution in [0.25, 0.3) is 10.8 Å². The quantitative estimate of drug-likeness (QED) is 0.169. The molecule has 1 saturated carbocycles. The molecule has 1 saturated heterocycles. The van der Waals surface area contributed by atoms with Gasteiger partial charge in [-0.1, -0.05) is 120 Å². The van der Waals surface area contributed by atoms with Crippen molar-refractivity contribution >= 4 is 22.7 Å². The Balaban J connectivity index is 1.08. The highest BCUT2D eigenvalue weighted by Crippen LogP contribution is 2.28. The lowest BCUT2D eigenvalue weighted by atomic mass is 9.86. The molecule has 2 heterocycles. The van der Waals surface area contributed by atoms with Gasteiger partial charge in [0.2, 0.25) is 0 Å². The molecule has 2 aliphatic heterocycles. The van der Waals surface area contributed by atoms with E-state index in [0.717, 1.165) is 69.8 Å². The number of guanidine groups is 2. The number of hydrogen-bond acceptors (Lipinski definition) is 4. The van der Waals surface area contributed by atoms with Crippen molar-refractivity contribution in [3.8, 4) is 0 Å². The van der Waals surface area contributed by atoms with Crippen LogP contribution in [0, 0.1) is 11.3 Å². The van der Waals surface area contributed by atoms with Gasteiger partial charge in [-0.2, -0.15) is 0 Å². The van der Waals surface area contributed by atoms with Crippen molar-refractivity contribution in [1.82, 2.24) is 14.7 Å². The van der Waals surface area contributed by atoms with Gasteiger partial charge in [-0.3, -0.25) is 10.4 Å². The van der Waals surface area contributed by atoms with Gasteiger partial charge in [-0.25, -0.2) is 0 Å². The van der Waals surface area contributed by atoms with E-state index in [0.29, 0.717) is 12.1 Å². The number of hydrogen-bond donors (Lipinski definition) is 2. The van der Waals surface area contributed by atoms with Gasteiger partial charge in [-0.05, 0) is 60.8 Å². The van der Waals surface area contributed by atoms with Crippen LogP contribution in [0.15, 0.2) is 47.5 Å². The van der Waals surface area contributed by atoms with Crippen molar-refractivity contribution in [2.24, 2.45) is 16.6 Å². The molecule has 0 aromatic heterocycles. The fraction of sp³-hybridized carbons (Fsp3) is 0.684. The number of aliphatic imine (C=N–C) groups is 1. The van der Waals surface area contributed by atoms with Gasteiger partial charge in [0.1, 0.15) is 0 Å². The molecular weight excluding hydrogens is 540 g/mol. The number of nitrogens with zero attached hydrogens (tertiary/aromatic N) is 4. The molecule has 2 aromatic carbocycles. The first-order valence-corrected chi connectivity index (χ1v) is 18.3. The van der Waals surface area contributed by atoms with Crippen LogP contribution in [0.3, 0.4) is 0 Å². The first-order chi connectivity index (χ1) is 21.6. The predicted octanol–water partition coefficient (Wildman–Crippen LogP) is 8.19. The van der Waals surface area contributed by atoms with E-state index in [1.54, 1.807) is 0 Å². The molecule has 3 aliphatic rings. The number of benzene rings is 2. The number of unbranched alkanes of at least 4 members (excludes halogenated alkanes) is 6. The zero-order chi connectivity index (χ0) is 30.6. The van der Waals surface area contributed by atoms with E-state index in [1.807, 2.05) is 0 Å². The Morgan fingerprint density at radius 1 is 0.773 bits per heavy atom. The van der Waals surface area contributed by atoms with Gasteiger partial charge in [0, 0.05) is 26.2 Å². The normalized spacial score (nSPS) is 21.2. The molecule has 1 aliphatic carbocycles. The molecule has 2 fully saturated rings. The SMILES string of the molecule is CCCCCCCN1C(=N)N(CCCC[C@H]2CN=C(N)N2CCCCC2CCCCC2)C[C@H]1Cc1ccc2ccccc2c1. The minimum Gasteiger partial charge on any atom is -0.370 e. The second-order valence-corrected chi connectivity index (χ2v) is 14.0. The van der Waals surface area contributed by atoms with Crippen LogP contribution in [0.1, 0.15) is 115 Å². The zero-order valence-corrected chi connectivity index (χ0v) is 27.7. The number of fused-ring (bicyclic) bond motifs is 1. The molecular formula is C38H60N6. The van der Waals surface area contributed by atoms with Gasteiger partial charge in [0.05, 0.1) is 18.6 Å². The largest absolute Gasteiger partial charge is 0.370 e. The van der Waals surface area contributed by atoms with E-state index in [2.05, 4.69) is 69.1 Å². The Kier molecular flexibility index (Phi) is 12.7. The highest BCUT2D eigenvalue weighted by atomic mass is 15.4. The van der Waals surface area contributed by atoms with Gasteiger partial charge >= 0.3 is 0 Å². The highest BCUT2D eigenvalue weighted by Gasteiger charge is 2.34. The standard InChI is InChI=1S/C38H60N6/c1-2-3-4-5-13-26-44-36(28-32-22-23-33-19-9-10-20-34(33)27-32)30-42(38(44)40)24-14-12-21-35-29-41-37(39)43(35)25-15-11-18-31-16-7-6-8-17-31/h9-10,19-20,22-23,27,31,35-36,40H,2-8,11-18,21,24-26,28-30H2,1H3,(H2,39,41)/t35-,36+/m0/s1. The van der Waals surface area contributed by atoms with E-state index in [9.17, 15) is 0 Å². The van der Waals surface area contributed by atoms with Crippen molar-refractivity contribution in [3.05, 3.63) is 48.0 Å². The monoisotopic (exact) mass is 600 g/mol. The molecule has 6 nitrogen and oxygen atoms in total. The fourth-order valence-electron chi connectivity index (χ4n) is 7.97. The third kappa shape index (κ3) is 9.14. The van der Waals surface area contributed by atoms with Gasteiger partial charge in [-0.15, -0.1) is 0 Å². The zero-order valence-electron chi connectivity index (χ0n) is 27.7. The van der Waals surface area contributed by atoms with Crippen LogP contribution < -0.4 is 5.73 Å². The van der Waals surface area contributed by atoms with Crippen LogP contribution >= 0.6 is 0 Å². The minimum atomic E-state index is 0.377. The van der Waals surface area contributed by atoms with E-state index in [4.69, 9.17) is 11.1 Å². The molecule has 0 amide bonds. The maximum atomic E-state index is 9.14. The van der Waals surface area contributed by atoms with E-state index in [-0.39, 0.29) is 0 Å². The average molecular weight is 601 g/mol. The van der Waals surface area contributed by atoms with E-state index >= 15 is 0 Å². The van der Waals surface area contributed by atoms with Crippen molar-refractivity contribution in [1.29, 1.82) is 5.41 Å². The Labute approximate surface area is 268 Å². The Hall–Kier alpha value is -2.76. The summed E-state index contributed by atoms with van der Waals surface area (Å²) < 4.78 is 0. The molecule has 0 unspecified atom stereocenters. The van der Waals surface area contributed by atoms with Crippen LogP contribution in [-0.2, 0) is 6.42 Å². The average Bonchev–Trinajstić information content (AvgIpc) is 3.55. The van der Waals surface area contributed by atoms with Crippen molar-refractivity contribution in [2.75, 3.05) is 32.7 Å². The first kappa shape index (κ1) is 32.6. The summed E-state index contributed by atoms with van der Waals surface area (Å²) in [5.41, 5.74) is 7.73. The Morgan fingerprint density at radius 2 is 1.50 bits per heavy atom. The van der Waals surface area contributed by atoms with Crippen LogP contribution in [0.5, 0.6) is 0 Å². The van der Waals surface area contributed by atoms with Crippen molar-refractivity contribution in [3.63, 3.8) is 0 Å². The number of rotatable bonds is 18. The fourth-order valence-corrected chi connectivity index (χ4v) is 7.97. The predicted molar refractivity (Wildman–Crippen MR) is 187 cm³/mol. The maximum Gasteiger partial charge on any atom is 0.194 e. The first-order valence-electron chi connectivity index (χ1n) is 18.3. The van der Waals surface area contributed by atoms with E-state index < -0.39 is 0 Å². The molecule has 2 atom stereocenters. The van der Waals surface area contributed by atoms with Gasteiger partial charge in [0.15, 0.2) is 11.9 Å². The molecule has 242 valence electrons. The summed E-state index contributed by atoms with van der Waals surface area (Å²) in [4.78, 5) is 11.8. The topological polar surface area (TPSA) is 72.0 Å². The van der Waals surface area contributed by atoms with Crippen LogP contribution in [0.2, 0.25) is 0 Å². The van der Waals surface area contributed by atoms with E-state index in [1.165, 1.54) is 106 Å². The summed E-state index contributed by atoms with van der Waals surface area (Å²) in [6, 6.07) is 16.4. The lowest BCUT2D eigenvalue weighted by Crippen LogP contribution is -2.41. The molecule has 6 heteroatoms. The van der Waals surface area contributed by atoms with Crippen molar-refractivity contribution in [2.45, 2.75) is 128 Å². The number of nitrogens with one attached hydrogen (secondary N) is 1. The molecule has 44 heavy (non-hydrogen) atoms. The summed E-state index contributed by atoms with van der Waals surface area (Å²) >= 11 is 0. The Morgan fingerprint density at radius 3 is 2.34 bits per heavy atom. The van der Waals surface area contributed by atoms with Gasteiger partial charge < -0.3 is 20.4 Å². The molecule has 5 rings (SSSR count). The molecule has 2 aromatic rings. The second kappa shape index (κ2) is 17.1. The Bertz CT molecular complexity index is 1190. The van der Waals surface area contributed by atoms with Crippen LogP contribution in [0.4, 0.5) is 0 Å². The lowest BCUT2D eigenvalue weighted by Gasteiger charge is -2.27. The van der Waals surface area contributed by atoms with Gasteiger partial charge in [0.25, 0.3) is 0 Å². The second-order valence-electron chi connectivity index (χ2n) is 14.0. The third-order valence-corrected chi connectivity index (χ3v) is 10.6. The molecule has 0 bridgehead atoms. The molecule has 3 N–H and O–H groups in total. The summed E-state index contributed by atoms with van der Waals surface area (Å²) in [7, 11) is 0. The summed E-state index contributed by atoms with van der Waals surface area (Å²) in [6.07, 6.45) is 22.0. The van der Waals surface area contributed by atoms with Crippen molar-refractivity contribution < 1.29 is 0 Å². The molecule has 0 radical (unpaired) electrons.